The molecule has 1 fully saturated rings. The summed E-state index contributed by atoms with van der Waals surface area (Å²) in [6, 6.07) is 8.42. The first kappa shape index (κ1) is 10.9. The lowest BCUT2D eigenvalue weighted by Gasteiger charge is -2.25. The predicted molar refractivity (Wildman–Crippen MR) is 67.0 cm³/mol. The Labute approximate surface area is 96.6 Å². The van der Waals surface area contributed by atoms with Crippen molar-refractivity contribution < 1.29 is 4.79 Å². The Balaban J connectivity index is 2.35. The lowest BCUT2D eigenvalue weighted by atomic mass is 10.1. The Bertz CT molecular complexity index is 407. The molecular weight excluding hydrogens is 198 g/mol. The molecule has 1 aromatic carbocycles. The third-order valence-electron chi connectivity index (χ3n) is 2.91. The largest absolute Gasteiger partial charge is 0.364 e. The summed E-state index contributed by atoms with van der Waals surface area (Å²) in [5.74, 6) is 0.130. The van der Waals surface area contributed by atoms with Crippen LogP contribution in [0.1, 0.15) is 30.1 Å². The van der Waals surface area contributed by atoms with Crippen LogP contribution >= 0.6 is 0 Å². The van der Waals surface area contributed by atoms with Crippen LogP contribution in [0.3, 0.4) is 0 Å². The van der Waals surface area contributed by atoms with Gasteiger partial charge in [-0.1, -0.05) is 18.2 Å². The van der Waals surface area contributed by atoms with Crippen LogP contribution in [0.25, 0.3) is 0 Å². The van der Waals surface area contributed by atoms with E-state index in [9.17, 15) is 4.79 Å². The van der Waals surface area contributed by atoms with Crippen LogP contribution in [-0.2, 0) is 0 Å². The topological polar surface area (TPSA) is 20.3 Å². The van der Waals surface area contributed by atoms with E-state index in [2.05, 4.69) is 11.5 Å². The van der Waals surface area contributed by atoms with Gasteiger partial charge in [-0.25, -0.2) is 0 Å². The molecular formula is C14H17NO. The minimum Gasteiger partial charge on any atom is -0.364 e. The summed E-state index contributed by atoms with van der Waals surface area (Å²) in [7, 11) is 0. The van der Waals surface area contributed by atoms with Gasteiger partial charge in [0.15, 0.2) is 5.78 Å². The summed E-state index contributed by atoms with van der Waals surface area (Å²) in [4.78, 5) is 13.8. The highest BCUT2D eigenvalue weighted by molar-refractivity contribution is 5.99. The number of hydrogen-bond donors (Lipinski definition) is 0. The fraction of sp³-hybridized carbons (Fsp3) is 0.357. The summed E-state index contributed by atoms with van der Waals surface area (Å²) in [5, 5.41) is 0. The molecule has 2 nitrogen and oxygen atoms in total. The molecule has 2 rings (SSSR count). The number of para-hydroxylation sites is 1. The van der Waals surface area contributed by atoms with Crippen LogP contribution in [0, 0.1) is 0 Å². The summed E-state index contributed by atoms with van der Waals surface area (Å²) in [5.41, 5.74) is 1.87. The van der Waals surface area contributed by atoms with Crippen LogP contribution in [0.2, 0.25) is 0 Å². The monoisotopic (exact) mass is 215 g/mol. The Hall–Kier alpha value is -1.57. The number of carbonyl (C=O) groups is 1. The first-order valence-electron chi connectivity index (χ1n) is 5.71. The highest BCUT2D eigenvalue weighted by atomic mass is 16.1. The predicted octanol–water partition coefficient (Wildman–Crippen LogP) is 3.04. The van der Waals surface area contributed by atoms with Crippen LogP contribution in [0.15, 0.2) is 36.9 Å². The van der Waals surface area contributed by atoms with Gasteiger partial charge in [0.05, 0.1) is 0 Å². The van der Waals surface area contributed by atoms with Crippen molar-refractivity contribution >= 4 is 11.5 Å². The molecule has 0 radical (unpaired) electrons. The Kier molecular flexibility index (Phi) is 3.09. The zero-order chi connectivity index (χ0) is 11.5. The van der Waals surface area contributed by atoms with Crippen LogP contribution < -0.4 is 4.90 Å². The van der Waals surface area contributed by atoms with Crippen molar-refractivity contribution in [3.8, 4) is 0 Å². The number of benzene rings is 1. The van der Waals surface area contributed by atoms with Gasteiger partial charge in [0.2, 0.25) is 0 Å². The molecule has 1 saturated carbocycles. The van der Waals surface area contributed by atoms with Gasteiger partial charge in [0.25, 0.3) is 0 Å². The number of rotatable bonds is 5. The van der Waals surface area contributed by atoms with Crippen LogP contribution in [0.5, 0.6) is 0 Å². The van der Waals surface area contributed by atoms with E-state index in [0.717, 1.165) is 17.8 Å². The molecule has 0 heterocycles. The average Bonchev–Trinajstić information content (AvgIpc) is 3.10. The van der Waals surface area contributed by atoms with Crippen molar-refractivity contribution in [3.05, 3.63) is 42.5 Å². The first-order valence-corrected chi connectivity index (χ1v) is 5.71. The van der Waals surface area contributed by atoms with Crippen molar-refractivity contribution in [1.29, 1.82) is 0 Å². The molecule has 0 unspecified atom stereocenters. The third-order valence-corrected chi connectivity index (χ3v) is 2.91. The van der Waals surface area contributed by atoms with Gasteiger partial charge in [-0.2, -0.15) is 0 Å². The zero-order valence-corrected chi connectivity index (χ0v) is 9.65. The number of carbonyl (C=O) groups excluding carboxylic acids is 1. The average molecular weight is 215 g/mol. The number of nitrogens with zero attached hydrogens (tertiary/aromatic N) is 1. The Morgan fingerprint density at radius 3 is 2.75 bits per heavy atom. The van der Waals surface area contributed by atoms with Gasteiger partial charge in [-0.05, 0) is 31.9 Å². The number of Topliss-reactive ketones (excluding diaryl/α,β-unsaturated/α-hetero) is 1. The van der Waals surface area contributed by atoms with Crippen LogP contribution in [-0.4, -0.2) is 18.4 Å². The van der Waals surface area contributed by atoms with E-state index in [1.165, 1.54) is 12.8 Å². The fourth-order valence-electron chi connectivity index (χ4n) is 1.99. The molecule has 0 amide bonds. The van der Waals surface area contributed by atoms with Crippen molar-refractivity contribution in [3.63, 3.8) is 0 Å². The van der Waals surface area contributed by atoms with E-state index >= 15 is 0 Å². The Morgan fingerprint density at radius 1 is 1.50 bits per heavy atom. The van der Waals surface area contributed by atoms with Gasteiger partial charge in [0.1, 0.15) is 0 Å². The maximum atomic E-state index is 11.6. The van der Waals surface area contributed by atoms with Crippen molar-refractivity contribution in [2.45, 2.75) is 25.8 Å². The first-order chi connectivity index (χ1) is 7.74. The van der Waals surface area contributed by atoms with E-state index in [1.54, 1.807) is 6.92 Å². The molecule has 0 bridgehead atoms. The molecule has 2 heteroatoms. The summed E-state index contributed by atoms with van der Waals surface area (Å²) in [6.45, 7) is 6.22. The number of anilines is 1. The highest BCUT2D eigenvalue weighted by Gasteiger charge is 2.29. The quantitative estimate of drug-likeness (QED) is 0.556. The number of hydrogen-bond acceptors (Lipinski definition) is 2. The second kappa shape index (κ2) is 4.52. The minimum absolute atomic E-state index is 0.130. The van der Waals surface area contributed by atoms with Gasteiger partial charge in [-0.3, -0.25) is 4.79 Å². The van der Waals surface area contributed by atoms with E-state index in [-0.39, 0.29) is 5.78 Å². The smallest absolute Gasteiger partial charge is 0.161 e. The van der Waals surface area contributed by atoms with Crippen LogP contribution in [0.4, 0.5) is 5.69 Å². The number of ketones is 1. The molecule has 0 aromatic heterocycles. The molecule has 1 aliphatic carbocycles. The summed E-state index contributed by atoms with van der Waals surface area (Å²) >= 11 is 0. The maximum Gasteiger partial charge on any atom is 0.161 e. The van der Waals surface area contributed by atoms with Gasteiger partial charge in [-0.15, -0.1) is 6.58 Å². The zero-order valence-electron chi connectivity index (χ0n) is 9.65. The van der Waals surface area contributed by atoms with Crippen molar-refractivity contribution in [2.75, 3.05) is 11.4 Å². The normalized spacial score (nSPS) is 14.6. The van der Waals surface area contributed by atoms with Gasteiger partial charge in [0, 0.05) is 23.8 Å². The maximum absolute atomic E-state index is 11.6. The van der Waals surface area contributed by atoms with E-state index in [1.807, 2.05) is 30.3 Å². The standard InChI is InChI=1S/C14H17NO/c1-3-10-15(12-8-9-12)14-7-5-4-6-13(14)11(2)16/h3-7,12H,1,8-10H2,2H3. The van der Waals surface area contributed by atoms with Gasteiger partial charge >= 0.3 is 0 Å². The fourth-order valence-corrected chi connectivity index (χ4v) is 1.99. The van der Waals surface area contributed by atoms with E-state index in [4.69, 9.17) is 0 Å². The molecule has 16 heavy (non-hydrogen) atoms. The van der Waals surface area contributed by atoms with E-state index < -0.39 is 0 Å². The van der Waals surface area contributed by atoms with Gasteiger partial charge < -0.3 is 4.90 Å². The molecule has 1 aromatic rings. The Morgan fingerprint density at radius 2 is 2.19 bits per heavy atom. The third kappa shape index (κ3) is 2.16. The lowest BCUT2D eigenvalue weighted by Crippen LogP contribution is -2.27. The molecule has 0 N–H and O–H groups in total. The highest BCUT2D eigenvalue weighted by Crippen LogP contribution is 2.33. The van der Waals surface area contributed by atoms with E-state index in [0.29, 0.717) is 6.04 Å². The minimum atomic E-state index is 0.130. The second-order valence-electron chi connectivity index (χ2n) is 4.25. The second-order valence-corrected chi connectivity index (χ2v) is 4.25. The molecule has 1 aliphatic rings. The SMILES string of the molecule is C=CCN(c1ccccc1C(C)=O)C1CC1. The van der Waals surface area contributed by atoms with Crippen molar-refractivity contribution in [1.82, 2.24) is 0 Å². The molecule has 0 saturated heterocycles. The summed E-state index contributed by atoms with van der Waals surface area (Å²) < 4.78 is 0. The molecule has 84 valence electrons. The molecule has 0 spiro atoms. The van der Waals surface area contributed by atoms with Crippen molar-refractivity contribution in [2.24, 2.45) is 0 Å². The lowest BCUT2D eigenvalue weighted by molar-refractivity contribution is 0.101. The molecule has 0 atom stereocenters. The summed E-state index contributed by atoms with van der Waals surface area (Å²) in [6.07, 6.45) is 4.34. The molecule has 0 aliphatic heterocycles.